The molecule has 4 nitrogen and oxygen atoms in total. The molecule has 1 aromatic heterocycles. The number of hydrogen-bond donors (Lipinski definition) is 2. The lowest BCUT2D eigenvalue weighted by atomic mass is 10.0. The van der Waals surface area contributed by atoms with Crippen molar-refractivity contribution in [2.45, 2.75) is 52.4 Å². The largest absolute Gasteiger partial charge is 0.476 e. The third kappa shape index (κ3) is 5.44. The minimum absolute atomic E-state index is 0.467. The molecule has 2 rings (SSSR count). The van der Waals surface area contributed by atoms with E-state index < -0.39 is 0 Å². The first-order valence-corrected chi connectivity index (χ1v) is 8.28. The van der Waals surface area contributed by atoms with E-state index in [0.717, 1.165) is 18.3 Å². The Bertz CT molecular complexity index is 428. The van der Waals surface area contributed by atoms with Crippen molar-refractivity contribution in [1.82, 2.24) is 4.98 Å². The maximum Gasteiger partial charge on any atom is 0.239 e. The SMILES string of the molecule is CC(C)COc1nc(NCCCC2CCCC2)ccc1N. The molecule has 118 valence electrons. The van der Waals surface area contributed by atoms with Crippen LogP contribution in [0.25, 0.3) is 0 Å². The second kappa shape index (κ2) is 8.11. The van der Waals surface area contributed by atoms with Gasteiger partial charge in [-0.05, 0) is 36.8 Å². The lowest BCUT2D eigenvalue weighted by Gasteiger charge is -2.13. The quantitative estimate of drug-likeness (QED) is 0.708. The molecule has 1 heterocycles. The van der Waals surface area contributed by atoms with E-state index in [0.29, 0.717) is 24.1 Å². The lowest BCUT2D eigenvalue weighted by molar-refractivity contribution is 0.263. The molecule has 0 amide bonds. The van der Waals surface area contributed by atoms with Crippen molar-refractivity contribution in [1.29, 1.82) is 0 Å². The van der Waals surface area contributed by atoms with Crippen LogP contribution in [0.2, 0.25) is 0 Å². The number of ether oxygens (including phenoxy) is 1. The molecule has 0 aromatic carbocycles. The average molecular weight is 291 g/mol. The van der Waals surface area contributed by atoms with Gasteiger partial charge in [-0.15, -0.1) is 0 Å². The molecule has 0 unspecified atom stereocenters. The van der Waals surface area contributed by atoms with Crippen LogP contribution in [-0.2, 0) is 0 Å². The zero-order valence-electron chi connectivity index (χ0n) is 13.4. The van der Waals surface area contributed by atoms with Crippen LogP contribution in [-0.4, -0.2) is 18.1 Å². The highest BCUT2D eigenvalue weighted by atomic mass is 16.5. The summed E-state index contributed by atoms with van der Waals surface area (Å²) in [6.45, 7) is 5.84. The second-order valence-electron chi connectivity index (χ2n) is 6.52. The fraction of sp³-hybridized carbons (Fsp3) is 0.706. The van der Waals surface area contributed by atoms with Gasteiger partial charge in [0.25, 0.3) is 0 Å². The first-order chi connectivity index (χ1) is 10.1. The summed E-state index contributed by atoms with van der Waals surface area (Å²) in [6, 6.07) is 3.79. The molecular weight excluding hydrogens is 262 g/mol. The zero-order chi connectivity index (χ0) is 15.1. The maximum atomic E-state index is 5.90. The van der Waals surface area contributed by atoms with Gasteiger partial charge in [-0.25, -0.2) is 0 Å². The number of nitrogens with two attached hydrogens (primary N) is 1. The highest BCUT2D eigenvalue weighted by Gasteiger charge is 2.14. The van der Waals surface area contributed by atoms with E-state index in [-0.39, 0.29) is 0 Å². The summed E-state index contributed by atoms with van der Waals surface area (Å²) in [5.41, 5.74) is 6.50. The fourth-order valence-corrected chi connectivity index (χ4v) is 2.82. The van der Waals surface area contributed by atoms with Crippen molar-refractivity contribution in [2.24, 2.45) is 11.8 Å². The van der Waals surface area contributed by atoms with E-state index in [9.17, 15) is 0 Å². The summed E-state index contributed by atoms with van der Waals surface area (Å²) in [7, 11) is 0. The Balaban J connectivity index is 1.75. The summed E-state index contributed by atoms with van der Waals surface area (Å²) < 4.78 is 5.65. The topological polar surface area (TPSA) is 60.2 Å². The Kier molecular flexibility index (Phi) is 6.15. The van der Waals surface area contributed by atoms with Gasteiger partial charge in [-0.3, -0.25) is 0 Å². The number of nitrogens with zero attached hydrogens (tertiary/aromatic N) is 1. The summed E-state index contributed by atoms with van der Waals surface area (Å²) in [4.78, 5) is 4.46. The minimum Gasteiger partial charge on any atom is -0.476 e. The number of nitrogen functional groups attached to an aromatic ring is 1. The number of pyridine rings is 1. The van der Waals surface area contributed by atoms with Gasteiger partial charge in [0.1, 0.15) is 5.82 Å². The molecule has 0 radical (unpaired) electrons. The predicted molar refractivity (Wildman–Crippen MR) is 88.7 cm³/mol. The summed E-state index contributed by atoms with van der Waals surface area (Å²) >= 11 is 0. The van der Waals surface area contributed by atoms with Crippen LogP contribution < -0.4 is 15.8 Å². The molecule has 1 aliphatic carbocycles. The van der Waals surface area contributed by atoms with Gasteiger partial charge in [-0.2, -0.15) is 4.98 Å². The zero-order valence-corrected chi connectivity index (χ0v) is 13.4. The molecule has 1 aromatic rings. The predicted octanol–water partition coefficient (Wildman–Crippen LogP) is 4.08. The van der Waals surface area contributed by atoms with Crippen LogP contribution in [0.4, 0.5) is 11.5 Å². The summed E-state index contributed by atoms with van der Waals surface area (Å²) in [5, 5.41) is 3.38. The number of aromatic nitrogens is 1. The Morgan fingerprint density at radius 3 is 2.81 bits per heavy atom. The van der Waals surface area contributed by atoms with E-state index >= 15 is 0 Å². The second-order valence-corrected chi connectivity index (χ2v) is 6.52. The van der Waals surface area contributed by atoms with Crippen LogP contribution in [0.3, 0.4) is 0 Å². The van der Waals surface area contributed by atoms with E-state index in [1.807, 2.05) is 12.1 Å². The Labute approximate surface area is 128 Å². The molecule has 0 bridgehead atoms. The molecular formula is C17H29N3O. The Morgan fingerprint density at radius 2 is 2.10 bits per heavy atom. The first-order valence-electron chi connectivity index (χ1n) is 8.28. The van der Waals surface area contributed by atoms with Gasteiger partial charge in [0.05, 0.1) is 12.3 Å². The number of rotatable bonds is 8. The van der Waals surface area contributed by atoms with Gasteiger partial charge >= 0.3 is 0 Å². The lowest BCUT2D eigenvalue weighted by Crippen LogP contribution is -2.10. The number of hydrogen-bond acceptors (Lipinski definition) is 4. The van der Waals surface area contributed by atoms with E-state index in [2.05, 4.69) is 24.1 Å². The smallest absolute Gasteiger partial charge is 0.239 e. The molecule has 0 spiro atoms. The van der Waals surface area contributed by atoms with Gasteiger partial charge < -0.3 is 15.8 Å². The molecule has 1 aliphatic rings. The van der Waals surface area contributed by atoms with Crippen molar-refractivity contribution < 1.29 is 4.74 Å². The van der Waals surface area contributed by atoms with Crippen LogP contribution in [0.5, 0.6) is 5.88 Å². The van der Waals surface area contributed by atoms with Crippen molar-refractivity contribution in [3.8, 4) is 5.88 Å². The first kappa shape index (κ1) is 15.9. The molecule has 21 heavy (non-hydrogen) atoms. The van der Waals surface area contributed by atoms with Crippen molar-refractivity contribution >= 4 is 11.5 Å². The van der Waals surface area contributed by atoms with E-state index in [1.54, 1.807) is 0 Å². The van der Waals surface area contributed by atoms with Gasteiger partial charge in [0, 0.05) is 6.54 Å². The molecule has 1 fully saturated rings. The normalized spacial score (nSPS) is 15.6. The average Bonchev–Trinajstić information content (AvgIpc) is 2.97. The standard InChI is InChI=1S/C17H29N3O/c1-13(2)12-21-17-15(18)9-10-16(20-17)19-11-5-8-14-6-3-4-7-14/h9-10,13-14H,3-8,11-12,18H2,1-2H3,(H,19,20). The van der Waals surface area contributed by atoms with E-state index in [4.69, 9.17) is 10.5 Å². The third-order valence-electron chi connectivity index (χ3n) is 4.01. The van der Waals surface area contributed by atoms with Crippen LogP contribution in [0.15, 0.2) is 12.1 Å². The number of anilines is 2. The summed E-state index contributed by atoms with van der Waals surface area (Å²) in [5.74, 6) is 2.82. The highest BCUT2D eigenvalue weighted by molar-refractivity contribution is 5.53. The molecule has 3 N–H and O–H groups in total. The summed E-state index contributed by atoms with van der Waals surface area (Å²) in [6.07, 6.45) is 8.24. The van der Waals surface area contributed by atoms with Crippen molar-refractivity contribution in [3.05, 3.63) is 12.1 Å². The maximum absolute atomic E-state index is 5.90. The third-order valence-corrected chi connectivity index (χ3v) is 4.01. The molecule has 4 heteroatoms. The van der Waals surface area contributed by atoms with Crippen LogP contribution in [0.1, 0.15) is 52.4 Å². The molecule has 0 aliphatic heterocycles. The number of nitrogens with one attached hydrogen (secondary N) is 1. The molecule has 0 atom stereocenters. The molecule has 0 saturated heterocycles. The van der Waals surface area contributed by atoms with E-state index in [1.165, 1.54) is 38.5 Å². The molecule has 1 saturated carbocycles. The fourth-order valence-electron chi connectivity index (χ4n) is 2.82. The van der Waals surface area contributed by atoms with Crippen molar-refractivity contribution in [2.75, 3.05) is 24.2 Å². The highest BCUT2D eigenvalue weighted by Crippen LogP contribution is 2.28. The van der Waals surface area contributed by atoms with Crippen LogP contribution >= 0.6 is 0 Å². The van der Waals surface area contributed by atoms with Gasteiger partial charge in [0.2, 0.25) is 5.88 Å². The van der Waals surface area contributed by atoms with Gasteiger partial charge in [-0.1, -0.05) is 39.5 Å². The minimum atomic E-state index is 0.467. The Hall–Kier alpha value is -1.45. The van der Waals surface area contributed by atoms with Crippen LogP contribution in [0, 0.1) is 11.8 Å². The monoisotopic (exact) mass is 291 g/mol. The van der Waals surface area contributed by atoms with Gasteiger partial charge in [0.15, 0.2) is 0 Å². The van der Waals surface area contributed by atoms with Crippen molar-refractivity contribution in [3.63, 3.8) is 0 Å². The Morgan fingerprint density at radius 1 is 1.33 bits per heavy atom.